The van der Waals surface area contributed by atoms with E-state index in [2.05, 4.69) is 0 Å². The lowest BCUT2D eigenvalue weighted by Gasteiger charge is -2.18. The number of nitrogens with two attached hydrogens (primary N) is 1. The van der Waals surface area contributed by atoms with Crippen LogP contribution in [0.5, 0.6) is 0 Å². The maximum atomic E-state index is 12.0. The van der Waals surface area contributed by atoms with Gasteiger partial charge in [0, 0.05) is 19.8 Å². The lowest BCUT2D eigenvalue weighted by Crippen LogP contribution is -2.33. The summed E-state index contributed by atoms with van der Waals surface area (Å²) in [5, 5.41) is -0.232. The first kappa shape index (κ1) is 12.9. The van der Waals surface area contributed by atoms with Gasteiger partial charge in [0.2, 0.25) is 0 Å². The van der Waals surface area contributed by atoms with Crippen LogP contribution in [0.1, 0.15) is 26.2 Å². The van der Waals surface area contributed by atoms with Crippen LogP contribution in [-0.4, -0.2) is 39.2 Å². The molecule has 2 N–H and O–H groups in total. The summed E-state index contributed by atoms with van der Waals surface area (Å²) in [6.07, 6.45) is 2.13. The van der Waals surface area contributed by atoms with Crippen molar-refractivity contribution >= 4 is 9.84 Å². The fourth-order valence-electron chi connectivity index (χ4n) is 2.22. The smallest absolute Gasteiger partial charge is 0.153 e. The number of hydrogen-bond donors (Lipinski definition) is 1. The second-order valence-electron chi connectivity index (χ2n) is 4.35. The molecular formula is C10H21NO3S. The van der Waals surface area contributed by atoms with Gasteiger partial charge in [0.05, 0.1) is 11.0 Å². The van der Waals surface area contributed by atoms with Gasteiger partial charge in [-0.05, 0) is 25.2 Å². The molecule has 15 heavy (non-hydrogen) atoms. The van der Waals surface area contributed by atoms with Crippen LogP contribution in [-0.2, 0) is 14.6 Å². The lowest BCUT2D eigenvalue weighted by molar-refractivity contribution is 0.199. The largest absolute Gasteiger partial charge is 0.385 e. The van der Waals surface area contributed by atoms with E-state index in [1.165, 1.54) is 0 Å². The molecule has 0 amide bonds. The van der Waals surface area contributed by atoms with Gasteiger partial charge in [0.15, 0.2) is 9.84 Å². The molecule has 4 nitrogen and oxygen atoms in total. The minimum absolute atomic E-state index is 0.0483. The predicted octanol–water partition coefficient (Wildman–Crippen LogP) is 0.564. The van der Waals surface area contributed by atoms with E-state index in [1.54, 1.807) is 7.11 Å². The monoisotopic (exact) mass is 235 g/mol. The van der Waals surface area contributed by atoms with Crippen molar-refractivity contribution in [2.45, 2.75) is 37.5 Å². The maximum absolute atomic E-state index is 12.0. The van der Waals surface area contributed by atoms with Crippen molar-refractivity contribution in [1.82, 2.24) is 0 Å². The van der Waals surface area contributed by atoms with Crippen molar-refractivity contribution < 1.29 is 13.2 Å². The van der Waals surface area contributed by atoms with Gasteiger partial charge in [-0.1, -0.05) is 6.92 Å². The van der Waals surface area contributed by atoms with Gasteiger partial charge in [0.25, 0.3) is 0 Å². The van der Waals surface area contributed by atoms with Crippen LogP contribution >= 0.6 is 0 Å². The normalized spacial score (nSPS) is 32.1. The standard InChI is InChI=1S/C10H21NO3S/c1-8-9(11)4-5-10(8)15(12,13)7-3-6-14-2/h8-10H,3-7,11H2,1-2H3. The molecule has 3 atom stereocenters. The molecule has 90 valence electrons. The number of ether oxygens (including phenoxy) is 1. The van der Waals surface area contributed by atoms with Crippen LogP contribution in [0.15, 0.2) is 0 Å². The summed E-state index contributed by atoms with van der Waals surface area (Å²) in [5.41, 5.74) is 5.83. The van der Waals surface area contributed by atoms with E-state index in [9.17, 15) is 8.42 Å². The molecule has 1 aliphatic rings. The molecule has 0 aliphatic heterocycles. The average molecular weight is 235 g/mol. The Kier molecular flexibility index (Phi) is 4.55. The summed E-state index contributed by atoms with van der Waals surface area (Å²) < 4.78 is 28.8. The van der Waals surface area contributed by atoms with Gasteiger partial charge in [-0.2, -0.15) is 0 Å². The van der Waals surface area contributed by atoms with Crippen molar-refractivity contribution in [3.63, 3.8) is 0 Å². The van der Waals surface area contributed by atoms with Gasteiger partial charge in [-0.3, -0.25) is 0 Å². The number of methoxy groups -OCH3 is 1. The zero-order valence-electron chi connectivity index (χ0n) is 9.48. The number of sulfone groups is 1. The molecule has 1 rings (SSSR count). The van der Waals surface area contributed by atoms with Gasteiger partial charge in [-0.25, -0.2) is 8.42 Å². The molecule has 1 saturated carbocycles. The Morgan fingerprint density at radius 1 is 1.40 bits per heavy atom. The van der Waals surface area contributed by atoms with E-state index in [4.69, 9.17) is 10.5 Å². The molecule has 0 heterocycles. The lowest BCUT2D eigenvalue weighted by atomic mass is 10.1. The van der Waals surface area contributed by atoms with Crippen LogP contribution in [0, 0.1) is 5.92 Å². The Hall–Kier alpha value is -0.130. The third-order valence-corrected chi connectivity index (χ3v) is 5.73. The molecule has 1 fully saturated rings. The first-order valence-electron chi connectivity index (χ1n) is 5.45. The second kappa shape index (κ2) is 5.27. The molecule has 0 aromatic rings. The fourth-order valence-corrected chi connectivity index (χ4v) is 4.39. The third kappa shape index (κ3) is 3.16. The van der Waals surface area contributed by atoms with Gasteiger partial charge in [0.1, 0.15) is 0 Å². The summed E-state index contributed by atoms with van der Waals surface area (Å²) in [4.78, 5) is 0. The molecule has 1 aliphatic carbocycles. The van der Waals surface area contributed by atoms with Crippen molar-refractivity contribution in [3.8, 4) is 0 Å². The first-order valence-corrected chi connectivity index (χ1v) is 7.16. The molecule has 3 unspecified atom stereocenters. The van der Waals surface area contributed by atoms with Crippen molar-refractivity contribution in [2.24, 2.45) is 11.7 Å². The van der Waals surface area contributed by atoms with Crippen LogP contribution in [0.3, 0.4) is 0 Å². The minimum Gasteiger partial charge on any atom is -0.385 e. The Bertz CT molecular complexity index is 289. The molecule has 0 spiro atoms. The summed E-state index contributed by atoms with van der Waals surface area (Å²) >= 11 is 0. The quantitative estimate of drug-likeness (QED) is 0.707. The highest BCUT2D eigenvalue weighted by Crippen LogP contribution is 2.30. The molecule has 5 heteroatoms. The number of hydrogen-bond acceptors (Lipinski definition) is 4. The van der Waals surface area contributed by atoms with Gasteiger partial charge in [-0.15, -0.1) is 0 Å². The highest BCUT2D eigenvalue weighted by Gasteiger charge is 2.38. The van der Waals surface area contributed by atoms with Crippen LogP contribution in [0.2, 0.25) is 0 Å². The Morgan fingerprint density at radius 2 is 2.07 bits per heavy atom. The Morgan fingerprint density at radius 3 is 2.53 bits per heavy atom. The van der Waals surface area contributed by atoms with E-state index in [0.717, 1.165) is 12.8 Å². The number of rotatable bonds is 5. The average Bonchev–Trinajstić information content (AvgIpc) is 2.48. The molecule has 0 radical (unpaired) electrons. The Labute approximate surface area is 92.1 Å². The predicted molar refractivity (Wildman–Crippen MR) is 60.4 cm³/mol. The topological polar surface area (TPSA) is 69.4 Å². The van der Waals surface area contributed by atoms with Gasteiger partial charge < -0.3 is 10.5 Å². The molecule has 0 bridgehead atoms. The zero-order valence-corrected chi connectivity index (χ0v) is 10.3. The highest BCUT2D eigenvalue weighted by atomic mass is 32.2. The molecule has 0 aromatic carbocycles. The van der Waals surface area contributed by atoms with Crippen molar-refractivity contribution in [1.29, 1.82) is 0 Å². The second-order valence-corrected chi connectivity index (χ2v) is 6.69. The summed E-state index contributed by atoms with van der Waals surface area (Å²) in [5.74, 6) is 0.320. The maximum Gasteiger partial charge on any atom is 0.153 e. The van der Waals surface area contributed by atoms with E-state index >= 15 is 0 Å². The molecule has 0 saturated heterocycles. The van der Waals surface area contributed by atoms with Crippen LogP contribution in [0.25, 0.3) is 0 Å². The summed E-state index contributed by atoms with van der Waals surface area (Å²) in [6, 6.07) is 0.0483. The van der Waals surface area contributed by atoms with E-state index in [0.29, 0.717) is 13.0 Å². The van der Waals surface area contributed by atoms with Gasteiger partial charge >= 0.3 is 0 Å². The van der Waals surface area contributed by atoms with E-state index in [1.807, 2.05) is 6.92 Å². The fraction of sp³-hybridized carbons (Fsp3) is 1.00. The molecule has 0 aromatic heterocycles. The van der Waals surface area contributed by atoms with Crippen LogP contribution in [0.4, 0.5) is 0 Å². The van der Waals surface area contributed by atoms with E-state index in [-0.39, 0.29) is 23.0 Å². The summed E-state index contributed by atoms with van der Waals surface area (Å²) in [7, 11) is -1.39. The minimum atomic E-state index is -2.97. The van der Waals surface area contributed by atoms with Crippen molar-refractivity contribution in [2.75, 3.05) is 19.5 Å². The third-order valence-electron chi connectivity index (χ3n) is 3.28. The van der Waals surface area contributed by atoms with Crippen LogP contribution < -0.4 is 5.73 Å². The highest BCUT2D eigenvalue weighted by molar-refractivity contribution is 7.92. The van der Waals surface area contributed by atoms with E-state index < -0.39 is 9.84 Å². The van der Waals surface area contributed by atoms with Crippen molar-refractivity contribution in [3.05, 3.63) is 0 Å². The first-order chi connectivity index (χ1) is 6.99. The Balaban J connectivity index is 2.54. The zero-order chi connectivity index (χ0) is 11.5. The summed E-state index contributed by atoms with van der Waals surface area (Å²) in [6.45, 7) is 2.45. The molecular weight excluding hydrogens is 214 g/mol. The SMILES string of the molecule is COCCCS(=O)(=O)C1CCC(N)C1C.